The van der Waals surface area contributed by atoms with Crippen molar-refractivity contribution in [3.63, 3.8) is 0 Å². The normalized spacial score (nSPS) is 16.2. The molecule has 0 aliphatic rings. The largest absolute Gasteiger partial charge is 0.393 e. The highest BCUT2D eigenvalue weighted by atomic mass is 16.3. The summed E-state index contributed by atoms with van der Waals surface area (Å²) >= 11 is 0. The number of hydrogen-bond donors (Lipinski definition) is 3. The number of nitrogens with two attached hydrogens (primary N) is 1. The van der Waals surface area contributed by atoms with Gasteiger partial charge in [-0.05, 0) is 38.7 Å². The fourth-order valence-corrected chi connectivity index (χ4v) is 2.24. The van der Waals surface area contributed by atoms with E-state index in [0.717, 1.165) is 19.3 Å². The number of aliphatic hydroxyl groups is 1. The Kier molecular flexibility index (Phi) is 6.94. The summed E-state index contributed by atoms with van der Waals surface area (Å²) in [6.07, 6.45) is 2.57. The van der Waals surface area contributed by atoms with E-state index in [1.165, 1.54) is 5.56 Å². The van der Waals surface area contributed by atoms with Gasteiger partial charge < -0.3 is 16.2 Å². The molecule has 3 atom stereocenters. The van der Waals surface area contributed by atoms with Crippen molar-refractivity contribution in [3.8, 4) is 0 Å². The Labute approximate surface area is 110 Å². The molecule has 0 spiro atoms. The Morgan fingerprint density at radius 3 is 2.44 bits per heavy atom. The third kappa shape index (κ3) is 6.15. The van der Waals surface area contributed by atoms with Gasteiger partial charge in [0.15, 0.2) is 0 Å². The minimum absolute atomic E-state index is 0.264. The van der Waals surface area contributed by atoms with Crippen LogP contribution in [-0.4, -0.2) is 29.8 Å². The average molecular weight is 250 g/mol. The summed E-state index contributed by atoms with van der Waals surface area (Å²) in [5.74, 6) is 0. The highest BCUT2D eigenvalue weighted by Gasteiger charge is 2.12. The molecule has 4 N–H and O–H groups in total. The maximum Gasteiger partial charge on any atom is 0.0526 e. The zero-order chi connectivity index (χ0) is 13.4. The first-order valence-electron chi connectivity index (χ1n) is 6.80. The molecule has 0 aliphatic carbocycles. The van der Waals surface area contributed by atoms with Crippen molar-refractivity contribution in [2.24, 2.45) is 5.73 Å². The minimum atomic E-state index is -0.264. The van der Waals surface area contributed by atoms with E-state index in [2.05, 4.69) is 36.5 Å². The van der Waals surface area contributed by atoms with Gasteiger partial charge in [-0.2, -0.15) is 0 Å². The smallest absolute Gasteiger partial charge is 0.0526 e. The molecule has 0 radical (unpaired) electrons. The van der Waals surface area contributed by atoms with Gasteiger partial charge in [0.05, 0.1) is 6.10 Å². The number of benzene rings is 1. The van der Waals surface area contributed by atoms with Gasteiger partial charge in [0, 0.05) is 18.6 Å². The van der Waals surface area contributed by atoms with E-state index < -0.39 is 0 Å². The van der Waals surface area contributed by atoms with Crippen molar-refractivity contribution >= 4 is 0 Å². The molecule has 1 aromatic carbocycles. The zero-order valence-electron chi connectivity index (χ0n) is 11.5. The Hall–Kier alpha value is -0.900. The van der Waals surface area contributed by atoms with E-state index in [1.807, 2.05) is 13.0 Å². The van der Waals surface area contributed by atoms with E-state index in [4.69, 9.17) is 5.73 Å². The zero-order valence-corrected chi connectivity index (χ0v) is 11.5. The molecule has 0 heterocycles. The molecule has 3 heteroatoms. The fraction of sp³-hybridized carbons (Fsp3) is 0.600. The minimum Gasteiger partial charge on any atom is -0.393 e. The summed E-state index contributed by atoms with van der Waals surface area (Å²) in [6.45, 7) is 4.55. The van der Waals surface area contributed by atoms with Gasteiger partial charge >= 0.3 is 0 Å². The van der Waals surface area contributed by atoms with Crippen LogP contribution in [0, 0.1) is 0 Å². The van der Waals surface area contributed by atoms with Gasteiger partial charge in [-0.15, -0.1) is 0 Å². The van der Waals surface area contributed by atoms with Crippen LogP contribution in [0.1, 0.15) is 32.3 Å². The standard InChI is InChI=1S/C15H26N2O/c1-12(10-13(2)18)17-15(11-16)9-8-14-6-4-3-5-7-14/h3-7,12-13,15,17-18H,8-11,16H2,1-2H3. The summed E-state index contributed by atoms with van der Waals surface area (Å²) in [6, 6.07) is 11.1. The molecule has 0 aliphatic heterocycles. The summed E-state index contributed by atoms with van der Waals surface area (Å²) < 4.78 is 0. The number of aryl methyl sites for hydroxylation is 1. The van der Waals surface area contributed by atoms with Gasteiger partial charge in [0.25, 0.3) is 0 Å². The van der Waals surface area contributed by atoms with Crippen LogP contribution in [0.3, 0.4) is 0 Å². The maximum atomic E-state index is 9.35. The molecule has 1 rings (SSSR count). The van der Waals surface area contributed by atoms with Crippen LogP contribution in [0.2, 0.25) is 0 Å². The van der Waals surface area contributed by atoms with Crippen LogP contribution >= 0.6 is 0 Å². The first-order chi connectivity index (χ1) is 8.61. The first-order valence-corrected chi connectivity index (χ1v) is 6.80. The number of aliphatic hydroxyl groups excluding tert-OH is 1. The lowest BCUT2D eigenvalue weighted by atomic mass is 10.0. The first kappa shape index (κ1) is 15.2. The maximum absolute atomic E-state index is 9.35. The predicted molar refractivity (Wildman–Crippen MR) is 76.5 cm³/mol. The molecule has 0 saturated heterocycles. The number of rotatable bonds is 8. The van der Waals surface area contributed by atoms with Gasteiger partial charge in [-0.3, -0.25) is 0 Å². The third-order valence-corrected chi connectivity index (χ3v) is 3.12. The third-order valence-electron chi connectivity index (χ3n) is 3.12. The molecule has 18 heavy (non-hydrogen) atoms. The van der Waals surface area contributed by atoms with E-state index in [1.54, 1.807) is 0 Å². The topological polar surface area (TPSA) is 58.3 Å². The van der Waals surface area contributed by atoms with Crippen LogP contribution < -0.4 is 11.1 Å². The van der Waals surface area contributed by atoms with Crippen LogP contribution in [-0.2, 0) is 6.42 Å². The van der Waals surface area contributed by atoms with Crippen LogP contribution in [0.25, 0.3) is 0 Å². The van der Waals surface area contributed by atoms with Crippen molar-refractivity contribution in [2.75, 3.05) is 6.54 Å². The summed E-state index contributed by atoms with van der Waals surface area (Å²) in [7, 11) is 0. The van der Waals surface area contributed by atoms with Crippen LogP contribution in [0.15, 0.2) is 30.3 Å². The molecule has 1 aromatic rings. The molecule has 102 valence electrons. The Morgan fingerprint density at radius 2 is 1.89 bits per heavy atom. The molecule has 3 unspecified atom stereocenters. The van der Waals surface area contributed by atoms with Crippen LogP contribution in [0.5, 0.6) is 0 Å². The fourth-order valence-electron chi connectivity index (χ4n) is 2.24. The number of nitrogens with one attached hydrogen (secondary N) is 1. The van der Waals surface area contributed by atoms with E-state index in [-0.39, 0.29) is 6.10 Å². The summed E-state index contributed by atoms with van der Waals surface area (Å²) in [4.78, 5) is 0. The molecule has 0 bridgehead atoms. The molecule has 0 saturated carbocycles. The summed E-state index contributed by atoms with van der Waals surface area (Å²) in [5.41, 5.74) is 7.14. The lowest BCUT2D eigenvalue weighted by molar-refractivity contribution is 0.167. The van der Waals surface area contributed by atoms with Crippen molar-refractivity contribution in [2.45, 2.75) is 51.3 Å². The molecule has 3 nitrogen and oxygen atoms in total. The highest BCUT2D eigenvalue weighted by molar-refractivity contribution is 5.14. The molecule has 0 aromatic heterocycles. The van der Waals surface area contributed by atoms with Gasteiger partial charge in [0.1, 0.15) is 0 Å². The lowest BCUT2D eigenvalue weighted by Gasteiger charge is -2.23. The quantitative estimate of drug-likeness (QED) is 0.658. The van der Waals surface area contributed by atoms with Crippen molar-refractivity contribution in [3.05, 3.63) is 35.9 Å². The Morgan fingerprint density at radius 1 is 1.22 bits per heavy atom. The molecule has 0 amide bonds. The molecular weight excluding hydrogens is 224 g/mol. The highest BCUT2D eigenvalue weighted by Crippen LogP contribution is 2.06. The lowest BCUT2D eigenvalue weighted by Crippen LogP contribution is -2.42. The van der Waals surface area contributed by atoms with Gasteiger partial charge in [-0.1, -0.05) is 30.3 Å². The SMILES string of the molecule is CC(O)CC(C)NC(CN)CCc1ccccc1. The van der Waals surface area contributed by atoms with E-state index >= 15 is 0 Å². The van der Waals surface area contributed by atoms with E-state index in [0.29, 0.717) is 18.6 Å². The second kappa shape index (κ2) is 8.25. The summed E-state index contributed by atoms with van der Waals surface area (Å²) in [5, 5.41) is 12.8. The molecular formula is C15H26N2O. The number of hydrogen-bond acceptors (Lipinski definition) is 3. The van der Waals surface area contributed by atoms with E-state index in [9.17, 15) is 5.11 Å². The average Bonchev–Trinajstić information content (AvgIpc) is 2.34. The van der Waals surface area contributed by atoms with Crippen LogP contribution in [0.4, 0.5) is 0 Å². The molecule has 0 fully saturated rings. The monoisotopic (exact) mass is 250 g/mol. The Balaban J connectivity index is 2.33. The Bertz CT molecular complexity index is 314. The van der Waals surface area contributed by atoms with Crippen molar-refractivity contribution < 1.29 is 5.11 Å². The van der Waals surface area contributed by atoms with Crippen molar-refractivity contribution in [1.82, 2.24) is 5.32 Å². The van der Waals surface area contributed by atoms with Gasteiger partial charge in [-0.25, -0.2) is 0 Å². The van der Waals surface area contributed by atoms with Crippen molar-refractivity contribution in [1.29, 1.82) is 0 Å². The second-order valence-electron chi connectivity index (χ2n) is 5.11. The predicted octanol–water partition coefficient (Wildman–Crippen LogP) is 1.70. The second-order valence-corrected chi connectivity index (χ2v) is 5.11. The van der Waals surface area contributed by atoms with Gasteiger partial charge in [0.2, 0.25) is 0 Å².